The van der Waals surface area contributed by atoms with Crippen molar-refractivity contribution < 1.29 is 17.6 Å². The first kappa shape index (κ1) is 22.9. The lowest BCUT2D eigenvalue weighted by Gasteiger charge is -2.19. The van der Waals surface area contributed by atoms with Gasteiger partial charge >= 0.3 is 6.18 Å². The zero-order valence-electron chi connectivity index (χ0n) is 15.3. The summed E-state index contributed by atoms with van der Waals surface area (Å²) in [5.74, 6) is 1.13. The number of thiophene rings is 1. The molecule has 6 nitrogen and oxygen atoms in total. The van der Waals surface area contributed by atoms with Crippen LogP contribution < -0.4 is 10.6 Å². The average molecular weight is 529 g/mol. The van der Waals surface area contributed by atoms with Gasteiger partial charge in [-0.2, -0.15) is 13.2 Å². The van der Waals surface area contributed by atoms with Crippen molar-refractivity contribution in [3.05, 3.63) is 29.5 Å². The molecule has 1 fully saturated rings. The van der Waals surface area contributed by atoms with Gasteiger partial charge in [-0.15, -0.1) is 35.3 Å². The summed E-state index contributed by atoms with van der Waals surface area (Å²) in [4.78, 5) is 11.3. The van der Waals surface area contributed by atoms with Crippen LogP contribution in [-0.4, -0.2) is 54.2 Å². The van der Waals surface area contributed by atoms with Crippen molar-refractivity contribution in [1.82, 2.24) is 20.5 Å². The van der Waals surface area contributed by atoms with Gasteiger partial charge in [-0.25, -0.2) is 9.98 Å². The first-order valence-electron chi connectivity index (χ1n) is 8.75. The number of likely N-dealkylation sites (tertiary alicyclic amines) is 1. The molecule has 2 aromatic heterocycles. The average Bonchev–Trinajstić information content (AvgIpc) is 3.33. The van der Waals surface area contributed by atoms with Gasteiger partial charge in [0.2, 0.25) is 5.89 Å². The number of guanidine groups is 1. The van der Waals surface area contributed by atoms with Gasteiger partial charge in [-0.05, 0) is 24.8 Å². The second-order valence-electron chi connectivity index (χ2n) is 6.30. The molecule has 0 radical (unpaired) electrons. The van der Waals surface area contributed by atoms with E-state index in [1.165, 1.54) is 4.90 Å². The van der Waals surface area contributed by atoms with Gasteiger partial charge in [0.15, 0.2) is 5.96 Å². The normalized spacial score (nSPS) is 18.1. The summed E-state index contributed by atoms with van der Waals surface area (Å²) in [6, 6.07) is 3.80. The quantitative estimate of drug-likeness (QED) is 0.340. The van der Waals surface area contributed by atoms with Gasteiger partial charge in [-0.3, -0.25) is 4.90 Å². The Hall–Kier alpha value is -1.34. The smallest absolute Gasteiger partial charge is 0.401 e. The second kappa shape index (κ2) is 10.4. The Kier molecular flexibility index (Phi) is 8.56. The van der Waals surface area contributed by atoms with E-state index >= 15 is 0 Å². The fourth-order valence-corrected chi connectivity index (χ4v) is 3.57. The van der Waals surface area contributed by atoms with Crippen molar-refractivity contribution >= 4 is 41.3 Å². The van der Waals surface area contributed by atoms with Crippen LogP contribution in [0.5, 0.6) is 0 Å². The van der Waals surface area contributed by atoms with E-state index in [-0.39, 0.29) is 30.0 Å². The summed E-state index contributed by atoms with van der Waals surface area (Å²) in [6.07, 6.45) is -1.95. The molecule has 1 aliphatic rings. The summed E-state index contributed by atoms with van der Waals surface area (Å²) < 4.78 is 43.0. The van der Waals surface area contributed by atoms with Crippen LogP contribution in [0.15, 0.2) is 33.2 Å². The number of aromatic nitrogens is 1. The molecule has 156 valence electrons. The molecule has 1 aliphatic heterocycles. The highest BCUT2D eigenvalue weighted by Crippen LogP contribution is 2.24. The third kappa shape index (κ3) is 6.92. The number of hydrogen-bond acceptors (Lipinski definition) is 5. The van der Waals surface area contributed by atoms with Crippen LogP contribution in [0.25, 0.3) is 10.8 Å². The number of aliphatic imine (C=N–C) groups is 1. The lowest BCUT2D eigenvalue weighted by molar-refractivity contribution is -0.143. The predicted octanol–water partition coefficient (Wildman–Crippen LogP) is 3.71. The monoisotopic (exact) mass is 529 g/mol. The van der Waals surface area contributed by atoms with E-state index in [2.05, 4.69) is 20.6 Å². The Bertz CT molecular complexity index is 750. The summed E-state index contributed by atoms with van der Waals surface area (Å²) in [5, 5.41) is 8.28. The minimum Gasteiger partial charge on any atom is -0.443 e. The fourth-order valence-electron chi connectivity index (χ4n) is 2.91. The Morgan fingerprint density at radius 2 is 2.29 bits per heavy atom. The van der Waals surface area contributed by atoms with E-state index in [1.807, 2.05) is 24.4 Å². The molecule has 3 rings (SSSR count). The lowest BCUT2D eigenvalue weighted by atomic mass is 10.3. The van der Waals surface area contributed by atoms with E-state index in [4.69, 9.17) is 4.42 Å². The maximum atomic E-state index is 12.5. The molecule has 0 aromatic carbocycles. The summed E-state index contributed by atoms with van der Waals surface area (Å²) >= 11 is 1.55. The first-order valence-corrected chi connectivity index (χ1v) is 9.63. The number of oxazole rings is 1. The Balaban J connectivity index is 0.00000280. The number of rotatable bonds is 6. The zero-order chi connectivity index (χ0) is 19.3. The minimum atomic E-state index is -4.17. The van der Waals surface area contributed by atoms with E-state index in [0.29, 0.717) is 50.1 Å². The van der Waals surface area contributed by atoms with Crippen LogP contribution in [0, 0.1) is 0 Å². The maximum Gasteiger partial charge on any atom is 0.401 e. The Morgan fingerprint density at radius 1 is 1.46 bits per heavy atom. The molecule has 28 heavy (non-hydrogen) atoms. The molecule has 11 heteroatoms. The van der Waals surface area contributed by atoms with Crippen molar-refractivity contribution in [1.29, 1.82) is 0 Å². The summed E-state index contributed by atoms with van der Waals surface area (Å²) in [6.45, 7) is 2.81. The molecular weight excluding hydrogens is 506 g/mol. The number of halogens is 4. The first-order chi connectivity index (χ1) is 12.9. The van der Waals surface area contributed by atoms with Crippen LogP contribution in [0.4, 0.5) is 13.2 Å². The van der Waals surface area contributed by atoms with Crippen molar-refractivity contribution in [3.63, 3.8) is 0 Å². The van der Waals surface area contributed by atoms with Gasteiger partial charge in [0, 0.05) is 25.7 Å². The molecule has 2 N–H and O–H groups in total. The molecule has 0 saturated carbocycles. The highest BCUT2D eigenvalue weighted by Gasteiger charge is 2.34. The van der Waals surface area contributed by atoms with Crippen LogP contribution in [0.3, 0.4) is 0 Å². The van der Waals surface area contributed by atoms with Gasteiger partial charge in [0.25, 0.3) is 0 Å². The molecule has 1 saturated heterocycles. The van der Waals surface area contributed by atoms with E-state index in [1.54, 1.807) is 17.6 Å². The third-order valence-corrected chi connectivity index (χ3v) is 4.90. The molecule has 3 heterocycles. The van der Waals surface area contributed by atoms with Crippen molar-refractivity contribution in [3.8, 4) is 10.8 Å². The van der Waals surface area contributed by atoms with Gasteiger partial charge < -0.3 is 15.1 Å². The second-order valence-corrected chi connectivity index (χ2v) is 7.24. The number of hydrogen-bond donors (Lipinski definition) is 2. The van der Waals surface area contributed by atoms with Gasteiger partial charge in [0.05, 0.1) is 18.0 Å². The van der Waals surface area contributed by atoms with Crippen LogP contribution in [0.1, 0.15) is 19.0 Å². The van der Waals surface area contributed by atoms with Gasteiger partial charge in [-0.1, -0.05) is 6.07 Å². The Labute approximate surface area is 182 Å². The fraction of sp³-hybridized carbons (Fsp3) is 0.529. The lowest BCUT2D eigenvalue weighted by Crippen LogP contribution is -2.45. The maximum absolute atomic E-state index is 12.5. The molecule has 1 unspecified atom stereocenters. The third-order valence-electron chi connectivity index (χ3n) is 4.04. The molecule has 1 atom stereocenters. The van der Waals surface area contributed by atoms with Crippen molar-refractivity contribution in [2.24, 2.45) is 4.99 Å². The minimum absolute atomic E-state index is 0. The number of nitrogens with zero attached hydrogens (tertiary/aromatic N) is 3. The molecule has 0 amide bonds. The number of alkyl halides is 3. The summed E-state index contributed by atoms with van der Waals surface area (Å²) in [5.41, 5.74) is 0.695. The Morgan fingerprint density at radius 3 is 2.96 bits per heavy atom. The SMILES string of the molecule is CCNC(=NCc1coc(-c2cccs2)n1)NC1CCN(CC(F)(F)F)C1.I. The van der Waals surface area contributed by atoms with Crippen molar-refractivity contribution in [2.45, 2.75) is 32.1 Å². The zero-order valence-corrected chi connectivity index (χ0v) is 18.5. The van der Waals surface area contributed by atoms with Gasteiger partial charge in [0.1, 0.15) is 12.0 Å². The van der Waals surface area contributed by atoms with Crippen LogP contribution in [-0.2, 0) is 6.54 Å². The van der Waals surface area contributed by atoms with Crippen molar-refractivity contribution in [2.75, 3.05) is 26.2 Å². The predicted molar refractivity (Wildman–Crippen MR) is 114 cm³/mol. The van der Waals surface area contributed by atoms with E-state index in [0.717, 1.165) is 4.88 Å². The highest BCUT2D eigenvalue weighted by atomic mass is 127. The molecule has 0 spiro atoms. The molecule has 0 aliphatic carbocycles. The van der Waals surface area contributed by atoms with Crippen LogP contribution >= 0.6 is 35.3 Å². The van der Waals surface area contributed by atoms with E-state index in [9.17, 15) is 13.2 Å². The molecular formula is C17H23F3IN5OS. The largest absolute Gasteiger partial charge is 0.443 e. The standard InChI is InChI=1S/C17H22F3N5OS.HI/c1-2-21-16(24-12-5-6-25(9-12)11-17(18,19)20)22-8-13-10-26-15(23-13)14-4-3-7-27-14;/h3-4,7,10,12H,2,5-6,8-9,11H2,1H3,(H2,21,22,24);1H. The topological polar surface area (TPSA) is 65.7 Å². The number of nitrogens with one attached hydrogen (secondary N) is 2. The molecule has 2 aromatic rings. The highest BCUT2D eigenvalue weighted by molar-refractivity contribution is 14.0. The summed E-state index contributed by atoms with van der Waals surface area (Å²) in [7, 11) is 0. The van der Waals surface area contributed by atoms with E-state index < -0.39 is 12.7 Å². The molecule has 0 bridgehead atoms. The van der Waals surface area contributed by atoms with Crippen LogP contribution in [0.2, 0.25) is 0 Å².